The molecule has 1 amide bonds. The summed E-state index contributed by atoms with van der Waals surface area (Å²) in [6, 6.07) is 16.9. The average Bonchev–Trinajstić information content (AvgIpc) is 3.09. The van der Waals surface area contributed by atoms with E-state index in [1.165, 1.54) is 22.0 Å². The summed E-state index contributed by atoms with van der Waals surface area (Å²) >= 11 is 4.79. The van der Waals surface area contributed by atoms with Crippen LogP contribution >= 0.6 is 27.3 Å². The van der Waals surface area contributed by atoms with Crippen LogP contribution in [0.4, 0.5) is 5.13 Å². The van der Waals surface area contributed by atoms with Crippen molar-refractivity contribution in [3.05, 3.63) is 92.3 Å². The Bertz CT molecular complexity index is 1230. The van der Waals surface area contributed by atoms with Crippen molar-refractivity contribution in [2.75, 3.05) is 5.32 Å². The highest BCUT2D eigenvalue weighted by Gasteiger charge is 2.15. The van der Waals surface area contributed by atoms with E-state index >= 15 is 0 Å². The molecule has 0 saturated heterocycles. The number of pyridine rings is 1. The van der Waals surface area contributed by atoms with E-state index < -0.39 is 5.91 Å². The summed E-state index contributed by atoms with van der Waals surface area (Å²) in [5.74, 6) is -0.452. The summed E-state index contributed by atoms with van der Waals surface area (Å²) in [6.45, 7) is 2.37. The largest absolute Gasteiger partial charge is 0.310 e. The van der Waals surface area contributed by atoms with Gasteiger partial charge in [-0.2, -0.15) is 0 Å². The summed E-state index contributed by atoms with van der Waals surface area (Å²) in [5, 5.41) is 3.25. The number of amides is 1. The van der Waals surface area contributed by atoms with Gasteiger partial charge in [0.05, 0.1) is 16.8 Å². The molecule has 0 radical (unpaired) electrons. The van der Waals surface area contributed by atoms with Gasteiger partial charge in [0, 0.05) is 10.7 Å². The molecule has 2 aromatic heterocycles. The van der Waals surface area contributed by atoms with Crippen molar-refractivity contribution in [1.29, 1.82) is 0 Å². The lowest BCUT2D eigenvalue weighted by atomic mass is 10.2. The molecule has 0 aliphatic heterocycles. The van der Waals surface area contributed by atoms with Gasteiger partial charge in [-0.1, -0.05) is 51.5 Å². The van der Waals surface area contributed by atoms with Gasteiger partial charge in [0.2, 0.25) is 0 Å². The van der Waals surface area contributed by atoms with Crippen LogP contribution in [0.15, 0.2) is 70.1 Å². The third-order valence-corrected chi connectivity index (χ3v) is 5.84. The molecule has 0 bridgehead atoms. The van der Waals surface area contributed by atoms with Gasteiger partial charge < -0.3 is 4.57 Å². The topological polar surface area (TPSA) is 64.0 Å². The lowest BCUT2D eigenvalue weighted by Crippen LogP contribution is -2.29. The van der Waals surface area contributed by atoms with E-state index in [1.807, 2.05) is 49.4 Å². The number of halogens is 1. The molecular formula is C21H16BrN3O2S. The molecule has 140 valence electrons. The maximum absolute atomic E-state index is 12.8. The zero-order chi connectivity index (χ0) is 19.7. The summed E-state index contributed by atoms with van der Waals surface area (Å²) < 4.78 is 3.50. The number of fused-ring (bicyclic) bond motifs is 1. The number of thiazole rings is 1. The smallest absolute Gasteiger partial charge is 0.263 e. The van der Waals surface area contributed by atoms with Crippen molar-refractivity contribution in [2.45, 2.75) is 13.5 Å². The van der Waals surface area contributed by atoms with Gasteiger partial charge in [-0.25, -0.2) is 4.98 Å². The summed E-state index contributed by atoms with van der Waals surface area (Å²) in [4.78, 5) is 29.9. The van der Waals surface area contributed by atoms with E-state index in [0.29, 0.717) is 11.7 Å². The Kier molecular flexibility index (Phi) is 5.11. The first-order chi connectivity index (χ1) is 13.5. The number of benzene rings is 2. The van der Waals surface area contributed by atoms with Crippen molar-refractivity contribution in [1.82, 2.24) is 9.55 Å². The standard InChI is InChI=1S/C21H16BrN3O2S/c1-13-4-2-6-17-18(13)23-21(28-17)24-19(26)16-5-3-11-25(20(16)27)12-14-7-9-15(22)10-8-14/h2-11H,12H2,1H3,(H,23,24,26). The molecule has 0 fully saturated rings. The van der Waals surface area contributed by atoms with Gasteiger partial charge >= 0.3 is 0 Å². The van der Waals surface area contributed by atoms with Gasteiger partial charge in [0.15, 0.2) is 5.13 Å². The highest BCUT2D eigenvalue weighted by atomic mass is 79.9. The minimum absolute atomic E-state index is 0.0931. The fraction of sp³-hybridized carbons (Fsp3) is 0.0952. The lowest BCUT2D eigenvalue weighted by molar-refractivity contribution is 0.102. The molecule has 7 heteroatoms. The monoisotopic (exact) mass is 453 g/mol. The van der Waals surface area contributed by atoms with E-state index in [0.717, 1.165) is 25.8 Å². The first kappa shape index (κ1) is 18.6. The Labute approximate surface area is 173 Å². The molecule has 28 heavy (non-hydrogen) atoms. The summed E-state index contributed by atoms with van der Waals surface area (Å²) in [7, 11) is 0. The van der Waals surface area contributed by atoms with Gasteiger partial charge in [0.1, 0.15) is 5.56 Å². The van der Waals surface area contributed by atoms with Crippen LogP contribution in [0.2, 0.25) is 0 Å². The number of carbonyl (C=O) groups is 1. The zero-order valence-electron chi connectivity index (χ0n) is 15.0. The van der Waals surface area contributed by atoms with Crippen LogP contribution < -0.4 is 10.9 Å². The van der Waals surface area contributed by atoms with Crippen LogP contribution in [0.25, 0.3) is 10.2 Å². The second kappa shape index (κ2) is 7.69. The highest BCUT2D eigenvalue weighted by molar-refractivity contribution is 9.10. The SMILES string of the molecule is Cc1cccc2sc(NC(=O)c3cccn(Cc4ccc(Br)cc4)c3=O)nc12. The second-order valence-corrected chi connectivity index (χ2v) is 8.32. The molecular weight excluding hydrogens is 438 g/mol. The number of carbonyl (C=O) groups excluding carboxylic acids is 1. The second-order valence-electron chi connectivity index (χ2n) is 6.38. The number of nitrogens with one attached hydrogen (secondary N) is 1. The number of hydrogen-bond donors (Lipinski definition) is 1. The highest BCUT2D eigenvalue weighted by Crippen LogP contribution is 2.28. The van der Waals surface area contributed by atoms with Gasteiger partial charge in [-0.15, -0.1) is 0 Å². The minimum Gasteiger partial charge on any atom is -0.310 e. The number of hydrogen-bond acceptors (Lipinski definition) is 4. The fourth-order valence-corrected chi connectivity index (χ4v) is 4.13. The minimum atomic E-state index is -0.452. The molecule has 0 atom stereocenters. The molecule has 2 aromatic carbocycles. The van der Waals surface area contributed by atoms with Crippen molar-refractivity contribution < 1.29 is 4.79 Å². The number of aromatic nitrogens is 2. The van der Waals surface area contributed by atoms with Gasteiger partial charge in [0.25, 0.3) is 11.5 Å². The van der Waals surface area contributed by atoms with Crippen LogP contribution in [0, 0.1) is 6.92 Å². The molecule has 0 aliphatic carbocycles. The first-order valence-electron chi connectivity index (χ1n) is 8.63. The fourth-order valence-electron chi connectivity index (χ4n) is 2.92. The maximum Gasteiger partial charge on any atom is 0.263 e. The maximum atomic E-state index is 12.8. The quantitative estimate of drug-likeness (QED) is 0.481. The van der Waals surface area contributed by atoms with Gasteiger partial charge in [-0.3, -0.25) is 14.9 Å². The normalized spacial score (nSPS) is 10.9. The van der Waals surface area contributed by atoms with Crippen LogP contribution in [-0.4, -0.2) is 15.5 Å². The molecule has 0 spiro atoms. The van der Waals surface area contributed by atoms with E-state index in [-0.39, 0.29) is 11.1 Å². The number of nitrogens with zero attached hydrogens (tertiary/aromatic N) is 2. The molecule has 0 saturated carbocycles. The Hall–Kier alpha value is -2.77. The lowest BCUT2D eigenvalue weighted by Gasteiger charge is -2.08. The molecule has 1 N–H and O–H groups in total. The Balaban J connectivity index is 1.59. The van der Waals surface area contributed by atoms with Crippen LogP contribution in [-0.2, 0) is 6.54 Å². The molecule has 0 unspecified atom stereocenters. The van der Waals surface area contributed by atoms with Crippen LogP contribution in [0.3, 0.4) is 0 Å². The van der Waals surface area contributed by atoms with E-state index in [1.54, 1.807) is 12.3 Å². The number of rotatable bonds is 4. The van der Waals surface area contributed by atoms with E-state index in [4.69, 9.17) is 0 Å². The number of aryl methyl sites for hydroxylation is 1. The molecule has 4 rings (SSSR count). The van der Waals surface area contributed by atoms with Crippen molar-refractivity contribution >= 4 is 48.5 Å². The van der Waals surface area contributed by atoms with Crippen LogP contribution in [0.5, 0.6) is 0 Å². The molecule has 0 aliphatic rings. The van der Waals surface area contributed by atoms with Crippen LogP contribution in [0.1, 0.15) is 21.5 Å². The van der Waals surface area contributed by atoms with Crippen molar-refractivity contribution in [2.24, 2.45) is 0 Å². The van der Waals surface area contributed by atoms with Crippen molar-refractivity contribution in [3.63, 3.8) is 0 Å². The predicted molar refractivity (Wildman–Crippen MR) is 116 cm³/mol. The zero-order valence-corrected chi connectivity index (χ0v) is 17.4. The Morgan fingerprint density at radius 3 is 2.68 bits per heavy atom. The number of anilines is 1. The third kappa shape index (κ3) is 3.76. The number of para-hydroxylation sites is 1. The average molecular weight is 454 g/mol. The van der Waals surface area contributed by atoms with Crippen molar-refractivity contribution in [3.8, 4) is 0 Å². The van der Waals surface area contributed by atoms with E-state index in [9.17, 15) is 9.59 Å². The Morgan fingerprint density at radius 1 is 1.14 bits per heavy atom. The first-order valence-corrected chi connectivity index (χ1v) is 10.2. The molecule has 5 nitrogen and oxygen atoms in total. The van der Waals surface area contributed by atoms with E-state index in [2.05, 4.69) is 26.2 Å². The predicted octanol–water partition coefficient (Wildman–Crippen LogP) is 4.83. The molecule has 2 heterocycles. The third-order valence-electron chi connectivity index (χ3n) is 4.37. The van der Waals surface area contributed by atoms with Gasteiger partial charge in [-0.05, 0) is 48.4 Å². The Morgan fingerprint density at radius 2 is 1.93 bits per heavy atom. The summed E-state index contributed by atoms with van der Waals surface area (Å²) in [6.07, 6.45) is 1.68. The summed E-state index contributed by atoms with van der Waals surface area (Å²) in [5.41, 5.74) is 2.65. The molecule has 4 aromatic rings.